The van der Waals surface area contributed by atoms with Crippen molar-refractivity contribution in [1.82, 2.24) is 0 Å². The number of esters is 1. The summed E-state index contributed by atoms with van der Waals surface area (Å²) in [5, 5.41) is 0. The Morgan fingerprint density at radius 2 is 1.43 bits per heavy atom. The van der Waals surface area contributed by atoms with Gasteiger partial charge in [0.2, 0.25) is 0 Å². The van der Waals surface area contributed by atoms with Crippen LogP contribution < -0.4 is 5.73 Å². The Bertz CT molecular complexity index is 373. The lowest BCUT2D eigenvalue weighted by Crippen LogP contribution is -2.54. The summed E-state index contributed by atoms with van der Waals surface area (Å²) in [5.74, 6) is -14.1. The minimum absolute atomic E-state index is 0. The molecule has 0 aromatic carbocycles. The Hall–Kier alpha value is -1.10. The molecule has 126 valence electrons. The number of halogens is 8. The van der Waals surface area contributed by atoms with Gasteiger partial charge in [0.15, 0.2) is 6.61 Å². The van der Waals surface area contributed by atoms with Crippen molar-refractivity contribution >= 4 is 24.2 Å². The number of hydrogen-bond donors (Lipinski definition) is 1. The second kappa shape index (κ2) is 7.78. The first-order valence-corrected chi connectivity index (χ1v) is 5.05. The highest BCUT2D eigenvalue weighted by atomic mass is 35.5. The Balaban J connectivity index is 0. The molecular formula is C9H11ClF7NO3. The Morgan fingerprint density at radius 3 is 1.81 bits per heavy atom. The molecule has 0 radical (unpaired) electrons. The van der Waals surface area contributed by atoms with Crippen LogP contribution in [-0.2, 0) is 14.3 Å². The lowest BCUT2D eigenvalue weighted by atomic mass is 10.1. The third-order valence-electron chi connectivity index (χ3n) is 2.07. The predicted octanol–water partition coefficient (Wildman–Crippen LogP) is 2.09. The van der Waals surface area contributed by atoms with Gasteiger partial charge in [-0.15, -0.1) is 12.4 Å². The van der Waals surface area contributed by atoms with Gasteiger partial charge >= 0.3 is 24.0 Å². The van der Waals surface area contributed by atoms with Gasteiger partial charge in [-0.1, -0.05) is 0 Å². The maximum atomic E-state index is 12.7. The summed E-state index contributed by atoms with van der Waals surface area (Å²) in [7, 11) is 0. The fourth-order valence-electron chi connectivity index (χ4n) is 0.885. The molecule has 0 aliphatic carbocycles. The summed E-state index contributed by atoms with van der Waals surface area (Å²) in [4.78, 5) is 21.5. The van der Waals surface area contributed by atoms with Crippen LogP contribution in [0.2, 0.25) is 0 Å². The van der Waals surface area contributed by atoms with Crippen LogP contribution in [0.5, 0.6) is 0 Å². The van der Waals surface area contributed by atoms with Crippen molar-refractivity contribution in [2.24, 2.45) is 5.73 Å². The van der Waals surface area contributed by atoms with Crippen LogP contribution in [0.4, 0.5) is 30.7 Å². The van der Waals surface area contributed by atoms with Crippen molar-refractivity contribution in [1.29, 1.82) is 0 Å². The Kier molecular flexibility index (Phi) is 8.22. The number of carbonyl (C=O) groups excluding carboxylic acids is 2. The summed E-state index contributed by atoms with van der Waals surface area (Å²) in [6.45, 7) is -2.88. The van der Waals surface area contributed by atoms with Crippen molar-refractivity contribution in [3.63, 3.8) is 0 Å². The average molecular weight is 350 g/mol. The summed E-state index contributed by atoms with van der Waals surface area (Å²) < 4.78 is 89.0. The van der Waals surface area contributed by atoms with Crippen LogP contribution >= 0.6 is 12.4 Å². The largest absolute Gasteiger partial charge is 0.460 e. The SMILES string of the molecule is Cl.NCC(=O)CCC(=O)OCC(F)(F)C(F)(F)C(F)(F)F. The van der Waals surface area contributed by atoms with Crippen LogP contribution in [-0.4, -0.2) is 42.9 Å². The summed E-state index contributed by atoms with van der Waals surface area (Å²) in [5.41, 5.74) is 4.86. The summed E-state index contributed by atoms with van der Waals surface area (Å²) >= 11 is 0. The smallest absolute Gasteiger partial charge is 0.459 e. The number of ether oxygens (including phenoxy) is 1. The van der Waals surface area contributed by atoms with Crippen molar-refractivity contribution in [2.75, 3.05) is 13.2 Å². The highest BCUT2D eigenvalue weighted by Gasteiger charge is 2.73. The lowest BCUT2D eigenvalue weighted by Gasteiger charge is -2.27. The molecule has 21 heavy (non-hydrogen) atoms. The van der Waals surface area contributed by atoms with Gasteiger partial charge in [0.25, 0.3) is 0 Å². The summed E-state index contributed by atoms with van der Waals surface area (Å²) in [6.07, 6.45) is -7.72. The van der Waals surface area contributed by atoms with Crippen molar-refractivity contribution < 1.29 is 45.1 Å². The predicted molar refractivity (Wildman–Crippen MR) is 57.5 cm³/mol. The van der Waals surface area contributed by atoms with E-state index in [9.17, 15) is 40.3 Å². The molecule has 0 amide bonds. The second-order valence-electron chi connectivity index (χ2n) is 3.68. The number of hydrogen-bond acceptors (Lipinski definition) is 4. The van der Waals surface area contributed by atoms with E-state index < -0.39 is 55.8 Å². The monoisotopic (exact) mass is 349 g/mol. The standard InChI is InChI=1S/C9H10F7NO3.ClH/c10-7(11,8(12,13)9(14,15)16)4-20-6(19)2-1-5(18)3-17;/h1-4,17H2;1H. The number of carbonyl (C=O) groups is 2. The fourth-order valence-corrected chi connectivity index (χ4v) is 0.885. The van der Waals surface area contributed by atoms with Crippen LogP contribution in [0.25, 0.3) is 0 Å². The van der Waals surface area contributed by atoms with Crippen molar-refractivity contribution in [2.45, 2.75) is 30.9 Å². The van der Waals surface area contributed by atoms with E-state index in [4.69, 9.17) is 5.73 Å². The van der Waals surface area contributed by atoms with E-state index in [1.54, 1.807) is 0 Å². The highest BCUT2D eigenvalue weighted by molar-refractivity contribution is 5.85. The second-order valence-corrected chi connectivity index (χ2v) is 3.68. The third kappa shape index (κ3) is 6.04. The van der Waals surface area contributed by atoms with E-state index in [1.807, 2.05) is 0 Å². The minimum atomic E-state index is -6.49. The molecule has 0 rings (SSSR count). The Morgan fingerprint density at radius 1 is 0.952 bits per heavy atom. The van der Waals surface area contributed by atoms with Gasteiger partial charge in [-0.25, -0.2) is 0 Å². The molecule has 0 aliphatic rings. The van der Waals surface area contributed by atoms with E-state index in [0.717, 1.165) is 0 Å². The van der Waals surface area contributed by atoms with Gasteiger partial charge in [0.05, 0.1) is 13.0 Å². The molecule has 0 aromatic heterocycles. The van der Waals surface area contributed by atoms with Gasteiger partial charge in [-0.3, -0.25) is 9.59 Å². The van der Waals surface area contributed by atoms with Gasteiger partial charge in [0.1, 0.15) is 5.78 Å². The number of nitrogens with two attached hydrogens (primary N) is 1. The number of Topliss-reactive ketones (excluding diaryl/α,β-unsaturated/α-hetero) is 1. The van der Waals surface area contributed by atoms with E-state index in [0.29, 0.717) is 0 Å². The van der Waals surface area contributed by atoms with Crippen molar-refractivity contribution in [3.8, 4) is 0 Å². The molecule has 0 spiro atoms. The van der Waals surface area contributed by atoms with Gasteiger partial charge in [-0.2, -0.15) is 30.7 Å². The van der Waals surface area contributed by atoms with E-state index in [2.05, 4.69) is 4.74 Å². The van der Waals surface area contributed by atoms with Gasteiger partial charge in [0, 0.05) is 6.42 Å². The molecule has 12 heteroatoms. The third-order valence-corrected chi connectivity index (χ3v) is 2.07. The molecule has 0 aliphatic heterocycles. The van der Waals surface area contributed by atoms with Crippen molar-refractivity contribution in [3.05, 3.63) is 0 Å². The zero-order chi connectivity index (χ0) is 16.2. The lowest BCUT2D eigenvalue weighted by molar-refractivity contribution is -0.359. The van der Waals surface area contributed by atoms with E-state index in [-0.39, 0.29) is 12.4 Å². The molecule has 0 atom stereocenters. The molecule has 4 nitrogen and oxygen atoms in total. The molecule has 0 fully saturated rings. The quantitative estimate of drug-likeness (QED) is 0.564. The molecule has 0 heterocycles. The maximum absolute atomic E-state index is 12.7. The van der Waals surface area contributed by atoms with E-state index in [1.165, 1.54) is 0 Å². The van der Waals surface area contributed by atoms with E-state index >= 15 is 0 Å². The minimum Gasteiger partial charge on any atom is -0.459 e. The van der Waals surface area contributed by atoms with Crippen LogP contribution in [0, 0.1) is 0 Å². The Labute approximate surface area is 120 Å². The zero-order valence-corrected chi connectivity index (χ0v) is 11.0. The molecular weight excluding hydrogens is 339 g/mol. The maximum Gasteiger partial charge on any atom is 0.460 e. The zero-order valence-electron chi connectivity index (χ0n) is 10.2. The molecule has 2 N–H and O–H groups in total. The molecule has 0 bridgehead atoms. The fraction of sp³-hybridized carbons (Fsp3) is 0.778. The first-order valence-electron chi connectivity index (χ1n) is 5.05. The molecule has 0 saturated carbocycles. The number of alkyl halides is 7. The average Bonchev–Trinajstić information content (AvgIpc) is 2.31. The normalized spacial score (nSPS) is 12.6. The van der Waals surface area contributed by atoms with Gasteiger partial charge in [-0.05, 0) is 0 Å². The first kappa shape index (κ1) is 22.2. The number of rotatable bonds is 7. The van der Waals surface area contributed by atoms with Crippen LogP contribution in [0.3, 0.4) is 0 Å². The molecule has 0 aromatic rings. The summed E-state index contributed by atoms with van der Waals surface area (Å²) in [6, 6.07) is 0. The highest BCUT2D eigenvalue weighted by Crippen LogP contribution is 2.46. The van der Waals surface area contributed by atoms with Crippen LogP contribution in [0.1, 0.15) is 12.8 Å². The van der Waals surface area contributed by atoms with Gasteiger partial charge < -0.3 is 10.5 Å². The van der Waals surface area contributed by atoms with Crippen LogP contribution in [0.15, 0.2) is 0 Å². The first-order chi connectivity index (χ1) is 8.85. The number of ketones is 1. The topological polar surface area (TPSA) is 69.4 Å². The molecule has 0 unspecified atom stereocenters. The molecule has 0 saturated heterocycles.